The zero-order valence-electron chi connectivity index (χ0n) is 10.4. The first kappa shape index (κ1) is 14.6. The molecule has 0 aromatic heterocycles. The van der Waals surface area contributed by atoms with Crippen molar-refractivity contribution >= 4 is 15.9 Å². The standard InChI is InChI=1S/C13H15BrN2O2/c1-4-5-16-11(8-15)9-6-12(17-2)13(18-3)7-10(9)14/h4,6-7,11,16H,1,5H2,2-3H3. The summed E-state index contributed by atoms with van der Waals surface area (Å²) in [4.78, 5) is 0. The molecule has 0 saturated heterocycles. The van der Waals surface area contributed by atoms with Gasteiger partial charge in [0.15, 0.2) is 11.5 Å². The molecule has 1 N–H and O–H groups in total. The molecule has 0 bridgehead atoms. The third kappa shape index (κ3) is 3.25. The minimum absolute atomic E-state index is 0.433. The van der Waals surface area contributed by atoms with Crippen LogP contribution in [0.25, 0.3) is 0 Å². The predicted octanol–water partition coefficient (Wildman–Crippen LogP) is 2.81. The fourth-order valence-electron chi connectivity index (χ4n) is 1.52. The van der Waals surface area contributed by atoms with E-state index in [4.69, 9.17) is 9.47 Å². The molecule has 18 heavy (non-hydrogen) atoms. The van der Waals surface area contributed by atoms with Gasteiger partial charge in [-0.25, -0.2) is 0 Å². The Kier molecular flexibility index (Phi) is 5.69. The lowest BCUT2D eigenvalue weighted by atomic mass is 10.1. The Morgan fingerprint density at radius 2 is 2.06 bits per heavy atom. The molecule has 4 nitrogen and oxygen atoms in total. The van der Waals surface area contributed by atoms with Crippen LogP contribution in [0.1, 0.15) is 11.6 Å². The highest BCUT2D eigenvalue weighted by atomic mass is 79.9. The smallest absolute Gasteiger partial charge is 0.161 e. The number of hydrogen-bond donors (Lipinski definition) is 1. The van der Waals surface area contributed by atoms with Crippen LogP contribution >= 0.6 is 15.9 Å². The van der Waals surface area contributed by atoms with Crippen molar-refractivity contribution in [1.29, 1.82) is 5.26 Å². The molecule has 0 heterocycles. The van der Waals surface area contributed by atoms with Gasteiger partial charge < -0.3 is 9.47 Å². The Balaban J connectivity index is 3.14. The maximum Gasteiger partial charge on any atom is 0.161 e. The van der Waals surface area contributed by atoms with Gasteiger partial charge in [0, 0.05) is 16.6 Å². The largest absolute Gasteiger partial charge is 0.493 e. The van der Waals surface area contributed by atoms with E-state index in [2.05, 4.69) is 33.9 Å². The van der Waals surface area contributed by atoms with Gasteiger partial charge in [0.25, 0.3) is 0 Å². The summed E-state index contributed by atoms with van der Waals surface area (Å²) in [7, 11) is 3.13. The number of nitrogens with zero attached hydrogens (tertiary/aromatic N) is 1. The van der Waals surface area contributed by atoms with Crippen LogP contribution in [0.2, 0.25) is 0 Å². The summed E-state index contributed by atoms with van der Waals surface area (Å²) in [6.45, 7) is 4.17. The Labute approximate surface area is 115 Å². The minimum Gasteiger partial charge on any atom is -0.493 e. The zero-order chi connectivity index (χ0) is 13.5. The second-order valence-corrected chi connectivity index (χ2v) is 4.34. The molecule has 1 unspecified atom stereocenters. The van der Waals surface area contributed by atoms with Crippen LogP contribution in [0.15, 0.2) is 29.3 Å². The van der Waals surface area contributed by atoms with Crippen molar-refractivity contribution in [1.82, 2.24) is 5.32 Å². The van der Waals surface area contributed by atoms with E-state index >= 15 is 0 Å². The molecule has 0 aliphatic heterocycles. The summed E-state index contributed by atoms with van der Waals surface area (Å²) in [5.41, 5.74) is 0.803. The highest BCUT2D eigenvalue weighted by Crippen LogP contribution is 2.35. The SMILES string of the molecule is C=CCNC(C#N)c1cc(OC)c(OC)cc1Br. The van der Waals surface area contributed by atoms with Crippen LogP contribution in [0.5, 0.6) is 11.5 Å². The fraction of sp³-hybridized carbons (Fsp3) is 0.308. The van der Waals surface area contributed by atoms with E-state index in [1.165, 1.54) is 0 Å². The van der Waals surface area contributed by atoms with Crippen LogP contribution in [-0.2, 0) is 0 Å². The molecule has 1 rings (SSSR count). The van der Waals surface area contributed by atoms with Gasteiger partial charge in [-0.05, 0) is 12.1 Å². The van der Waals surface area contributed by atoms with Gasteiger partial charge in [-0.15, -0.1) is 6.58 Å². The first-order valence-corrected chi connectivity index (χ1v) is 6.12. The summed E-state index contributed by atoms with van der Waals surface area (Å²) < 4.78 is 11.2. The van der Waals surface area contributed by atoms with Gasteiger partial charge in [-0.3, -0.25) is 5.32 Å². The molecule has 0 fully saturated rings. The minimum atomic E-state index is -0.433. The predicted molar refractivity (Wildman–Crippen MR) is 73.8 cm³/mol. The van der Waals surface area contributed by atoms with E-state index < -0.39 is 6.04 Å². The van der Waals surface area contributed by atoms with Gasteiger partial charge in [0.1, 0.15) is 6.04 Å². The Morgan fingerprint density at radius 1 is 1.44 bits per heavy atom. The van der Waals surface area contributed by atoms with E-state index in [1.54, 1.807) is 32.4 Å². The summed E-state index contributed by atoms with van der Waals surface area (Å²) in [5.74, 6) is 1.21. The monoisotopic (exact) mass is 310 g/mol. The van der Waals surface area contributed by atoms with E-state index in [0.717, 1.165) is 10.0 Å². The van der Waals surface area contributed by atoms with E-state index in [-0.39, 0.29) is 0 Å². The van der Waals surface area contributed by atoms with Crippen LogP contribution in [-0.4, -0.2) is 20.8 Å². The lowest BCUT2D eigenvalue weighted by Gasteiger charge is -2.15. The van der Waals surface area contributed by atoms with Gasteiger partial charge in [0.05, 0.1) is 20.3 Å². The molecule has 96 valence electrons. The highest BCUT2D eigenvalue weighted by molar-refractivity contribution is 9.10. The number of methoxy groups -OCH3 is 2. The third-order valence-corrected chi connectivity index (χ3v) is 3.10. The summed E-state index contributed by atoms with van der Waals surface area (Å²) in [6.07, 6.45) is 1.71. The number of rotatable bonds is 6. The molecule has 0 amide bonds. The number of ether oxygens (including phenoxy) is 2. The van der Waals surface area contributed by atoms with Crippen molar-refractivity contribution in [2.75, 3.05) is 20.8 Å². The van der Waals surface area contributed by atoms with Crippen molar-refractivity contribution in [3.05, 3.63) is 34.8 Å². The summed E-state index contributed by atoms with van der Waals surface area (Å²) in [6, 6.07) is 5.33. The van der Waals surface area contributed by atoms with Crippen LogP contribution in [0.3, 0.4) is 0 Å². The second-order valence-electron chi connectivity index (χ2n) is 3.49. The normalized spacial score (nSPS) is 11.4. The van der Waals surface area contributed by atoms with Gasteiger partial charge in [-0.1, -0.05) is 22.0 Å². The van der Waals surface area contributed by atoms with Crippen molar-refractivity contribution in [3.8, 4) is 17.6 Å². The average molecular weight is 311 g/mol. The summed E-state index contributed by atoms with van der Waals surface area (Å²) in [5, 5.41) is 12.2. The van der Waals surface area contributed by atoms with Crippen molar-refractivity contribution in [3.63, 3.8) is 0 Å². The Bertz CT molecular complexity index is 469. The molecule has 5 heteroatoms. The lowest BCUT2D eigenvalue weighted by molar-refractivity contribution is 0.354. The molecular formula is C13H15BrN2O2. The van der Waals surface area contributed by atoms with Crippen LogP contribution in [0, 0.1) is 11.3 Å². The molecule has 1 aromatic rings. The maximum atomic E-state index is 9.18. The number of hydrogen-bond acceptors (Lipinski definition) is 4. The quantitative estimate of drug-likeness (QED) is 0.821. The number of nitrogens with one attached hydrogen (secondary N) is 1. The third-order valence-electron chi connectivity index (χ3n) is 2.41. The highest BCUT2D eigenvalue weighted by Gasteiger charge is 2.16. The van der Waals surface area contributed by atoms with Gasteiger partial charge >= 0.3 is 0 Å². The summed E-state index contributed by atoms with van der Waals surface area (Å²) >= 11 is 3.43. The number of halogens is 1. The molecule has 0 radical (unpaired) electrons. The zero-order valence-corrected chi connectivity index (χ0v) is 12.0. The molecule has 1 atom stereocenters. The molecular weight excluding hydrogens is 296 g/mol. The van der Waals surface area contributed by atoms with E-state index in [9.17, 15) is 5.26 Å². The Morgan fingerprint density at radius 3 is 2.56 bits per heavy atom. The number of nitriles is 1. The van der Waals surface area contributed by atoms with Gasteiger partial charge in [0.2, 0.25) is 0 Å². The first-order chi connectivity index (χ1) is 8.67. The van der Waals surface area contributed by atoms with Gasteiger partial charge in [-0.2, -0.15) is 5.26 Å². The average Bonchev–Trinajstić information content (AvgIpc) is 2.40. The maximum absolute atomic E-state index is 9.18. The number of benzene rings is 1. The van der Waals surface area contributed by atoms with E-state index in [0.29, 0.717) is 18.0 Å². The molecule has 0 aliphatic carbocycles. The molecule has 1 aromatic carbocycles. The second kappa shape index (κ2) is 7.04. The van der Waals surface area contributed by atoms with Crippen molar-refractivity contribution in [2.24, 2.45) is 0 Å². The Hall–Kier alpha value is -1.51. The van der Waals surface area contributed by atoms with Crippen molar-refractivity contribution < 1.29 is 9.47 Å². The van der Waals surface area contributed by atoms with Crippen LogP contribution in [0.4, 0.5) is 0 Å². The van der Waals surface area contributed by atoms with E-state index in [1.807, 2.05) is 0 Å². The molecule has 0 spiro atoms. The molecule has 0 saturated carbocycles. The fourth-order valence-corrected chi connectivity index (χ4v) is 2.07. The first-order valence-electron chi connectivity index (χ1n) is 5.33. The molecule has 0 aliphatic rings. The lowest BCUT2D eigenvalue weighted by Crippen LogP contribution is -2.20. The van der Waals surface area contributed by atoms with Crippen LogP contribution < -0.4 is 14.8 Å². The topological polar surface area (TPSA) is 54.3 Å². The van der Waals surface area contributed by atoms with Crippen molar-refractivity contribution in [2.45, 2.75) is 6.04 Å².